The summed E-state index contributed by atoms with van der Waals surface area (Å²) in [4.78, 5) is 0. The molecule has 7 heteroatoms. The molecule has 2 aromatic rings. The molecule has 2 unspecified atom stereocenters. The quantitative estimate of drug-likeness (QED) is 0.238. The number of benzene rings is 2. The molecule has 2 aliphatic carbocycles. The Balaban J connectivity index is 2.08. The van der Waals surface area contributed by atoms with Crippen LogP contribution in [0.4, 0.5) is 0 Å². The normalized spacial score (nSPS) is 20.4. The van der Waals surface area contributed by atoms with Crippen molar-refractivity contribution in [3.05, 3.63) is 58.7 Å². The van der Waals surface area contributed by atoms with Crippen molar-refractivity contribution < 1.29 is 16.4 Å². The number of hydrogen-bond donors (Lipinski definition) is 0. The molecule has 2 aliphatic rings. The van der Waals surface area contributed by atoms with Crippen molar-refractivity contribution >= 4 is 82.2 Å². The van der Waals surface area contributed by atoms with Crippen molar-refractivity contribution in [2.24, 2.45) is 0 Å². The van der Waals surface area contributed by atoms with E-state index in [2.05, 4.69) is 134 Å². The zero-order valence-electron chi connectivity index (χ0n) is 27.4. The molecule has 2 atom stereocenters. The van der Waals surface area contributed by atoms with Gasteiger partial charge in [0.15, 0.2) is 0 Å². The molecule has 0 saturated heterocycles. The molecule has 0 heterocycles. The molecule has 4 rings (SSSR count). The van der Waals surface area contributed by atoms with Gasteiger partial charge in [0.2, 0.25) is 0 Å². The van der Waals surface area contributed by atoms with Gasteiger partial charge in [-0.25, -0.2) is 0 Å². The molecule has 0 N–H and O–H groups in total. The van der Waals surface area contributed by atoms with Crippen LogP contribution in [0.25, 0.3) is 12.2 Å². The second kappa shape index (κ2) is 10.4. The maximum atomic E-state index is 8.47. The molecule has 0 amide bonds. The SMILES string of the molecule is CC[CH2][Zr]([Cl])([Cl])([CH]1C=Cc2c([Si](C)(C)C)ccc([Si](C)(C)C)c21)[CH]1C=Cc2c([Si](C)(C)C)ccc([Si](C)(C)C)c21. The summed E-state index contributed by atoms with van der Waals surface area (Å²) in [5, 5.41) is 6.27. The third kappa shape index (κ3) is 5.61. The van der Waals surface area contributed by atoms with E-state index >= 15 is 0 Å². The Morgan fingerprint density at radius 1 is 0.550 bits per heavy atom. The van der Waals surface area contributed by atoms with Gasteiger partial charge in [0.25, 0.3) is 0 Å². The molecule has 0 radical (unpaired) electrons. The van der Waals surface area contributed by atoms with E-state index in [1.165, 1.54) is 22.3 Å². The average molecular weight is 724 g/mol. The van der Waals surface area contributed by atoms with Gasteiger partial charge in [-0.3, -0.25) is 0 Å². The van der Waals surface area contributed by atoms with E-state index in [1.807, 2.05) is 0 Å². The Labute approximate surface area is 258 Å². The molecule has 2 aromatic carbocycles. The fourth-order valence-corrected chi connectivity index (χ4v) is 32.9. The predicted molar refractivity (Wildman–Crippen MR) is 195 cm³/mol. The molecular formula is C33H53Cl2Si4Zr. The second-order valence-corrected chi connectivity index (χ2v) is 59.5. The van der Waals surface area contributed by atoms with Crippen molar-refractivity contribution in [3.8, 4) is 0 Å². The summed E-state index contributed by atoms with van der Waals surface area (Å²) < 4.78 is 1.27. The zero-order valence-corrected chi connectivity index (χ0v) is 35.4. The summed E-state index contributed by atoms with van der Waals surface area (Å²) in [6.07, 6.45) is 10.9. The summed E-state index contributed by atoms with van der Waals surface area (Å²) in [5.74, 6) is 0. The number of halogens is 2. The number of rotatable bonds is 8. The van der Waals surface area contributed by atoms with Gasteiger partial charge in [0, 0.05) is 0 Å². The van der Waals surface area contributed by atoms with Gasteiger partial charge < -0.3 is 0 Å². The number of fused-ring (bicyclic) bond motifs is 2. The summed E-state index contributed by atoms with van der Waals surface area (Å²) in [6.45, 7) is 32.1. The molecule has 0 spiro atoms. The third-order valence-corrected chi connectivity index (χ3v) is 37.5. The van der Waals surface area contributed by atoms with E-state index in [0.29, 0.717) is 0 Å². The Morgan fingerprint density at radius 2 is 0.850 bits per heavy atom. The minimum absolute atomic E-state index is 0.156. The van der Waals surface area contributed by atoms with E-state index in [-0.39, 0.29) is 7.25 Å². The van der Waals surface area contributed by atoms with Gasteiger partial charge >= 0.3 is 261 Å². The van der Waals surface area contributed by atoms with Crippen molar-refractivity contribution in [3.63, 3.8) is 0 Å². The Hall–Kier alpha value is 0.251. The molecule has 40 heavy (non-hydrogen) atoms. The maximum absolute atomic E-state index is 8.47. The van der Waals surface area contributed by atoms with Crippen LogP contribution in [-0.4, -0.2) is 32.3 Å². The molecular weight excluding hydrogens is 671 g/mol. The first-order valence-corrected chi connectivity index (χ1v) is 40.2. The zero-order chi connectivity index (χ0) is 30.3. The molecule has 0 fully saturated rings. The Bertz CT molecular complexity index is 1290. The molecule has 0 aliphatic heterocycles. The van der Waals surface area contributed by atoms with E-state index in [0.717, 1.165) is 10.5 Å². The van der Waals surface area contributed by atoms with Crippen LogP contribution in [-0.2, 0) is 16.4 Å². The first-order valence-electron chi connectivity index (χ1n) is 15.3. The summed E-state index contributed by atoms with van der Waals surface area (Å²) >= 11 is -4.67. The van der Waals surface area contributed by atoms with Crippen LogP contribution in [0.3, 0.4) is 0 Å². The van der Waals surface area contributed by atoms with Crippen LogP contribution in [0.1, 0.15) is 42.8 Å². The van der Waals surface area contributed by atoms with Gasteiger partial charge in [0.1, 0.15) is 0 Å². The molecule has 0 saturated carbocycles. The van der Waals surface area contributed by atoms with E-state index in [1.54, 1.807) is 20.7 Å². The van der Waals surface area contributed by atoms with Crippen LogP contribution in [0, 0.1) is 0 Å². The molecule has 219 valence electrons. The van der Waals surface area contributed by atoms with E-state index < -0.39 is 48.7 Å². The fourth-order valence-electron chi connectivity index (χ4n) is 7.46. The second-order valence-electron chi connectivity index (χ2n) is 16.7. The van der Waals surface area contributed by atoms with Crippen molar-refractivity contribution in [2.75, 3.05) is 0 Å². The van der Waals surface area contributed by atoms with Gasteiger partial charge in [-0.1, -0.05) is 0 Å². The predicted octanol–water partition coefficient (Wildman–Crippen LogP) is 9.53. The minimum atomic E-state index is -4.67. The summed E-state index contributed by atoms with van der Waals surface area (Å²) in [5.41, 5.74) is 6.01. The number of hydrogen-bond acceptors (Lipinski definition) is 0. The monoisotopic (exact) mass is 721 g/mol. The van der Waals surface area contributed by atoms with Gasteiger partial charge in [-0.15, -0.1) is 0 Å². The van der Waals surface area contributed by atoms with Crippen molar-refractivity contribution in [1.29, 1.82) is 0 Å². The average Bonchev–Trinajstić information content (AvgIpc) is 3.41. The first-order chi connectivity index (χ1) is 18.0. The molecule has 0 bridgehead atoms. The van der Waals surface area contributed by atoms with Crippen LogP contribution in [0.15, 0.2) is 36.4 Å². The molecule has 0 nitrogen and oxygen atoms in total. The Morgan fingerprint density at radius 3 is 1.12 bits per heavy atom. The van der Waals surface area contributed by atoms with Gasteiger partial charge in [0.05, 0.1) is 0 Å². The van der Waals surface area contributed by atoms with Crippen LogP contribution in [0.2, 0.25) is 82.7 Å². The van der Waals surface area contributed by atoms with Gasteiger partial charge in [-0.05, 0) is 0 Å². The van der Waals surface area contributed by atoms with Crippen molar-refractivity contribution in [1.82, 2.24) is 0 Å². The summed E-state index contributed by atoms with van der Waals surface area (Å²) in [7, 11) is 10.5. The standard InChI is InChI=1S/2C15H23Si2.C3H7.2ClH.Zr/c2*1-16(2,3)14-10-11-15(17(4,5)6)13-9-7-8-12(13)14;1-3-2;;;/h2*7-11H,1-6H3;1,3H2,2H3;2*1H;/q;;;;;+2/p-2. The van der Waals surface area contributed by atoms with Crippen LogP contribution in [0.5, 0.6) is 0 Å². The van der Waals surface area contributed by atoms with Gasteiger partial charge in [-0.2, -0.15) is 0 Å². The summed E-state index contributed by atoms with van der Waals surface area (Å²) in [6, 6.07) is 9.91. The topological polar surface area (TPSA) is 0 Å². The first kappa shape index (κ1) is 33.1. The van der Waals surface area contributed by atoms with E-state index in [9.17, 15) is 0 Å². The van der Waals surface area contributed by atoms with Crippen LogP contribution < -0.4 is 20.7 Å². The fraction of sp³-hybridized carbons (Fsp3) is 0.515. The number of allylic oxidation sites excluding steroid dienone is 2. The Kier molecular flexibility index (Phi) is 8.63. The van der Waals surface area contributed by atoms with Crippen molar-refractivity contribution in [2.45, 2.75) is 103 Å². The third-order valence-electron chi connectivity index (χ3n) is 9.34. The molecule has 0 aromatic heterocycles. The van der Waals surface area contributed by atoms with Crippen LogP contribution >= 0.6 is 17.0 Å². The van der Waals surface area contributed by atoms with E-state index in [4.69, 9.17) is 17.0 Å².